The Labute approximate surface area is 110 Å². The second-order valence-corrected chi connectivity index (χ2v) is 7.23. The van der Waals surface area contributed by atoms with Crippen LogP contribution in [0.3, 0.4) is 0 Å². The molecule has 0 saturated heterocycles. The maximum absolute atomic E-state index is 11.1. The van der Waals surface area contributed by atoms with Gasteiger partial charge in [-0.05, 0) is 13.3 Å². The van der Waals surface area contributed by atoms with Crippen LogP contribution in [0.5, 0.6) is 0 Å². The molecule has 0 amide bonds. The Balaban J connectivity index is 2.61. The molecule has 0 saturated carbocycles. The minimum Gasteiger partial charge on any atom is -0.331 e. The second-order valence-electron chi connectivity index (χ2n) is 4.97. The SMILES string of the molecule is Cc1ncc(CNC(C)C)n1CCCS(C)(=O)=O. The van der Waals surface area contributed by atoms with Crippen molar-refractivity contribution in [2.24, 2.45) is 0 Å². The molecule has 0 bridgehead atoms. The van der Waals surface area contributed by atoms with Gasteiger partial charge in [0, 0.05) is 31.6 Å². The number of aromatic nitrogens is 2. The van der Waals surface area contributed by atoms with Crippen LogP contribution in [-0.4, -0.2) is 36.0 Å². The first-order valence-electron chi connectivity index (χ1n) is 6.21. The van der Waals surface area contributed by atoms with Crippen LogP contribution in [0, 0.1) is 6.92 Å². The Hall–Kier alpha value is -0.880. The van der Waals surface area contributed by atoms with Crippen LogP contribution < -0.4 is 5.32 Å². The number of aryl methyl sites for hydroxylation is 1. The summed E-state index contributed by atoms with van der Waals surface area (Å²) in [6.07, 6.45) is 3.75. The van der Waals surface area contributed by atoms with Crippen molar-refractivity contribution in [3.8, 4) is 0 Å². The van der Waals surface area contributed by atoms with Crippen molar-refractivity contribution in [3.05, 3.63) is 17.7 Å². The largest absolute Gasteiger partial charge is 0.331 e. The van der Waals surface area contributed by atoms with Crippen molar-refractivity contribution >= 4 is 9.84 Å². The fourth-order valence-electron chi connectivity index (χ4n) is 1.76. The Kier molecular flexibility index (Phi) is 5.34. The quantitative estimate of drug-likeness (QED) is 0.808. The number of nitrogens with one attached hydrogen (secondary N) is 1. The molecule has 1 aromatic rings. The summed E-state index contributed by atoms with van der Waals surface area (Å²) in [6.45, 7) is 7.60. The van der Waals surface area contributed by atoms with E-state index in [-0.39, 0.29) is 5.75 Å². The van der Waals surface area contributed by atoms with E-state index in [2.05, 4.69) is 28.7 Å². The lowest BCUT2D eigenvalue weighted by Crippen LogP contribution is -2.24. The van der Waals surface area contributed by atoms with E-state index in [1.165, 1.54) is 6.26 Å². The van der Waals surface area contributed by atoms with Crippen LogP contribution in [0.1, 0.15) is 31.8 Å². The van der Waals surface area contributed by atoms with Gasteiger partial charge in [0.15, 0.2) is 0 Å². The monoisotopic (exact) mass is 273 g/mol. The van der Waals surface area contributed by atoms with Gasteiger partial charge in [0.25, 0.3) is 0 Å². The lowest BCUT2D eigenvalue weighted by Gasteiger charge is -2.12. The summed E-state index contributed by atoms with van der Waals surface area (Å²) < 4.78 is 24.3. The van der Waals surface area contributed by atoms with Crippen LogP contribution in [0.4, 0.5) is 0 Å². The Bertz CT molecular complexity index is 478. The molecule has 0 aliphatic rings. The summed E-state index contributed by atoms with van der Waals surface area (Å²) in [6, 6.07) is 0.421. The molecule has 6 heteroatoms. The molecule has 5 nitrogen and oxygen atoms in total. The van der Waals surface area contributed by atoms with Gasteiger partial charge in [-0.1, -0.05) is 13.8 Å². The molecule has 1 N–H and O–H groups in total. The highest BCUT2D eigenvalue weighted by atomic mass is 32.2. The summed E-state index contributed by atoms with van der Waals surface area (Å²) in [4.78, 5) is 4.28. The standard InChI is InChI=1S/C12H23N3O2S/c1-10(2)13-8-12-9-14-11(3)15(12)6-5-7-18(4,16)17/h9-10,13H,5-8H2,1-4H3. The summed E-state index contributed by atoms with van der Waals surface area (Å²) in [5.74, 6) is 1.16. The summed E-state index contributed by atoms with van der Waals surface area (Å²) in [5.41, 5.74) is 1.11. The second kappa shape index (κ2) is 6.33. The van der Waals surface area contributed by atoms with Gasteiger partial charge in [0.2, 0.25) is 0 Å². The van der Waals surface area contributed by atoms with Crippen molar-refractivity contribution in [3.63, 3.8) is 0 Å². The van der Waals surface area contributed by atoms with Crippen molar-refractivity contribution in [1.29, 1.82) is 0 Å². The van der Waals surface area contributed by atoms with E-state index in [9.17, 15) is 8.42 Å². The molecular weight excluding hydrogens is 250 g/mol. The molecule has 0 radical (unpaired) electrons. The van der Waals surface area contributed by atoms with E-state index < -0.39 is 9.84 Å². The molecule has 1 rings (SSSR count). The van der Waals surface area contributed by atoms with Crippen LogP contribution in [-0.2, 0) is 22.9 Å². The number of nitrogens with zero attached hydrogens (tertiary/aromatic N) is 2. The third-order valence-electron chi connectivity index (χ3n) is 2.73. The van der Waals surface area contributed by atoms with E-state index in [1.54, 1.807) is 0 Å². The van der Waals surface area contributed by atoms with E-state index in [1.807, 2.05) is 13.1 Å². The van der Waals surface area contributed by atoms with Gasteiger partial charge in [-0.25, -0.2) is 13.4 Å². The van der Waals surface area contributed by atoms with Crippen molar-refractivity contribution in [2.45, 2.75) is 46.3 Å². The van der Waals surface area contributed by atoms with E-state index >= 15 is 0 Å². The Morgan fingerprint density at radius 1 is 1.44 bits per heavy atom. The predicted octanol–water partition coefficient (Wildman–Crippen LogP) is 1.12. The van der Waals surface area contributed by atoms with Crippen molar-refractivity contribution in [1.82, 2.24) is 14.9 Å². The minimum absolute atomic E-state index is 0.224. The molecule has 0 aromatic carbocycles. The van der Waals surface area contributed by atoms with Gasteiger partial charge >= 0.3 is 0 Å². The highest BCUT2D eigenvalue weighted by Gasteiger charge is 2.08. The number of imidazole rings is 1. The molecule has 104 valence electrons. The van der Waals surface area contributed by atoms with Crippen molar-refractivity contribution in [2.75, 3.05) is 12.0 Å². The number of sulfone groups is 1. The third kappa shape index (κ3) is 5.18. The van der Waals surface area contributed by atoms with Crippen LogP contribution >= 0.6 is 0 Å². The number of hydrogen-bond donors (Lipinski definition) is 1. The number of rotatable bonds is 7. The van der Waals surface area contributed by atoms with E-state index in [4.69, 9.17) is 0 Å². The highest BCUT2D eigenvalue weighted by molar-refractivity contribution is 7.90. The zero-order valence-corrected chi connectivity index (χ0v) is 12.4. The van der Waals surface area contributed by atoms with Gasteiger partial charge in [-0.3, -0.25) is 0 Å². The maximum atomic E-state index is 11.1. The zero-order chi connectivity index (χ0) is 13.8. The molecule has 1 heterocycles. The van der Waals surface area contributed by atoms with Gasteiger partial charge in [0.05, 0.1) is 11.4 Å². The van der Waals surface area contributed by atoms with Gasteiger partial charge in [-0.2, -0.15) is 0 Å². The van der Waals surface area contributed by atoms with Crippen molar-refractivity contribution < 1.29 is 8.42 Å². The predicted molar refractivity (Wildman–Crippen MR) is 73.3 cm³/mol. The van der Waals surface area contributed by atoms with Gasteiger partial charge in [-0.15, -0.1) is 0 Å². The molecule has 0 atom stereocenters. The Morgan fingerprint density at radius 3 is 2.67 bits per heavy atom. The van der Waals surface area contributed by atoms with Crippen LogP contribution in [0.25, 0.3) is 0 Å². The summed E-state index contributed by atoms with van der Waals surface area (Å²) in [7, 11) is -2.88. The molecule has 0 aliphatic carbocycles. The van der Waals surface area contributed by atoms with Gasteiger partial charge in [0.1, 0.15) is 15.7 Å². The van der Waals surface area contributed by atoms with Crippen LogP contribution in [0.15, 0.2) is 6.20 Å². The molecule has 18 heavy (non-hydrogen) atoms. The highest BCUT2D eigenvalue weighted by Crippen LogP contribution is 2.07. The fraction of sp³-hybridized carbons (Fsp3) is 0.750. The lowest BCUT2D eigenvalue weighted by atomic mass is 10.3. The summed E-state index contributed by atoms with van der Waals surface area (Å²) in [5, 5.41) is 3.34. The molecule has 0 fully saturated rings. The third-order valence-corrected chi connectivity index (χ3v) is 3.76. The Morgan fingerprint density at radius 2 is 2.11 bits per heavy atom. The normalized spacial score (nSPS) is 12.3. The zero-order valence-electron chi connectivity index (χ0n) is 11.6. The topological polar surface area (TPSA) is 64.0 Å². The van der Waals surface area contributed by atoms with E-state index in [0.717, 1.165) is 18.1 Å². The molecule has 0 spiro atoms. The molecular formula is C12H23N3O2S. The first-order chi connectivity index (χ1) is 8.29. The first-order valence-corrected chi connectivity index (χ1v) is 8.28. The smallest absolute Gasteiger partial charge is 0.147 e. The average Bonchev–Trinajstić information content (AvgIpc) is 2.56. The van der Waals surface area contributed by atoms with Gasteiger partial charge < -0.3 is 9.88 Å². The van der Waals surface area contributed by atoms with Crippen LogP contribution in [0.2, 0.25) is 0 Å². The fourth-order valence-corrected chi connectivity index (χ4v) is 2.41. The summed E-state index contributed by atoms with van der Waals surface area (Å²) >= 11 is 0. The molecule has 0 aliphatic heterocycles. The lowest BCUT2D eigenvalue weighted by molar-refractivity contribution is 0.544. The average molecular weight is 273 g/mol. The molecule has 0 unspecified atom stereocenters. The molecule has 1 aromatic heterocycles. The van der Waals surface area contributed by atoms with E-state index in [0.29, 0.717) is 19.0 Å². The minimum atomic E-state index is -2.88. The number of hydrogen-bond acceptors (Lipinski definition) is 4. The first kappa shape index (κ1) is 15.2. The maximum Gasteiger partial charge on any atom is 0.147 e.